The Morgan fingerprint density at radius 1 is 0.971 bits per heavy atom. The van der Waals surface area contributed by atoms with E-state index in [1.54, 1.807) is 6.20 Å². The Kier molecular flexibility index (Phi) is 7.84. The minimum atomic E-state index is -0.125. The first-order valence-corrected chi connectivity index (χ1v) is 11.1. The number of aliphatic hydroxyl groups is 1. The molecular formula is C30H26IrNO3-. The number of allylic oxidation sites excluding steroid dienone is 2. The van der Waals surface area contributed by atoms with Crippen molar-refractivity contribution in [1.82, 2.24) is 4.98 Å². The zero-order chi connectivity index (χ0) is 24.6. The van der Waals surface area contributed by atoms with Crippen LogP contribution in [0.2, 0.25) is 0 Å². The maximum Gasteiger partial charge on any atom is 0.196 e. The second-order valence-corrected chi connectivity index (χ2v) is 8.73. The molecule has 0 bridgehead atoms. The van der Waals surface area contributed by atoms with E-state index in [-0.39, 0.29) is 37.4 Å². The van der Waals surface area contributed by atoms with Gasteiger partial charge in [0.1, 0.15) is 0 Å². The summed E-state index contributed by atoms with van der Waals surface area (Å²) in [6.45, 7) is 8.97. The van der Waals surface area contributed by atoms with Crippen LogP contribution in [0.1, 0.15) is 46.5 Å². The molecule has 1 N–H and O–H groups in total. The van der Waals surface area contributed by atoms with Crippen LogP contribution in [-0.2, 0) is 24.9 Å². The maximum atomic E-state index is 13.2. The summed E-state index contributed by atoms with van der Waals surface area (Å²) in [4.78, 5) is 27.9. The molecule has 0 amide bonds. The van der Waals surface area contributed by atoms with Crippen LogP contribution in [0.5, 0.6) is 0 Å². The van der Waals surface area contributed by atoms with Gasteiger partial charge in [-0.05, 0) is 53.9 Å². The number of hydrogen-bond donors (Lipinski definition) is 1. The van der Waals surface area contributed by atoms with E-state index in [4.69, 9.17) is 10.1 Å². The topological polar surface area (TPSA) is 67.3 Å². The molecule has 0 fully saturated rings. The van der Waals surface area contributed by atoms with Crippen molar-refractivity contribution >= 4 is 22.3 Å². The number of aliphatic hydroxyl groups excluding tert-OH is 1. The van der Waals surface area contributed by atoms with Crippen molar-refractivity contribution < 1.29 is 34.8 Å². The van der Waals surface area contributed by atoms with Crippen LogP contribution >= 0.6 is 0 Å². The van der Waals surface area contributed by atoms with Crippen LogP contribution in [-0.4, -0.2) is 21.7 Å². The number of nitrogens with zero attached hydrogens (tertiary/aromatic N) is 1. The molecule has 5 rings (SSSR count). The first-order valence-electron chi connectivity index (χ1n) is 11.1. The molecule has 4 aromatic rings. The number of fused-ring (bicyclic) bond motifs is 2. The molecule has 179 valence electrons. The molecule has 0 unspecified atom stereocenters. The number of benzene rings is 3. The first kappa shape index (κ1) is 26.2. The van der Waals surface area contributed by atoms with Gasteiger partial charge in [0.2, 0.25) is 0 Å². The van der Waals surface area contributed by atoms with Gasteiger partial charge in [-0.15, -0.1) is 34.9 Å². The van der Waals surface area contributed by atoms with Gasteiger partial charge < -0.3 is 10.1 Å². The maximum absolute atomic E-state index is 13.2. The molecule has 0 spiro atoms. The predicted molar refractivity (Wildman–Crippen MR) is 136 cm³/mol. The molecule has 1 aliphatic rings. The monoisotopic (exact) mass is 641 g/mol. The Hall–Kier alpha value is -3.40. The molecule has 3 aromatic carbocycles. The van der Waals surface area contributed by atoms with Crippen LogP contribution in [0.4, 0.5) is 0 Å². The summed E-state index contributed by atoms with van der Waals surface area (Å²) in [6, 6.07) is 19.9. The van der Waals surface area contributed by atoms with E-state index in [0.29, 0.717) is 5.56 Å². The Balaban J connectivity index is 0.000000378. The molecule has 0 saturated heterocycles. The zero-order valence-corrected chi connectivity index (χ0v) is 22.7. The van der Waals surface area contributed by atoms with Crippen molar-refractivity contribution in [2.45, 2.75) is 34.6 Å². The number of ketones is 2. The summed E-state index contributed by atoms with van der Waals surface area (Å²) in [5.74, 6) is 0.00255. The quantitative estimate of drug-likeness (QED) is 0.130. The number of carbonyl (C=O) groups is 2. The fourth-order valence-electron chi connectivity index (χ4n) is 4.56. The van der Waals surface area contributed by atoms with Gasteiger partial charge in [0.05, 0.1) is 5.76 Å². The van der Waals surface area contributed by atoms with Crippen molar-refractivity contribution in [2.24, 2.45) is 0 Å². The average molecular weight is 641 g/mol. The van der Waals surface area contributed by atoms with Crippen LogP contribution in [0, 0.1) is 26.8 Å². The third-order valence-electron chi connectivity index (χ3n) is 5.76. The Labute approximate surface area is 219 Å². The summed E-state index contributed by atoms with van der Waals surface area (Å²) in [5.41, 5.74) is 8.73. The summed E-state index contributed by atoms with van der Waals surface area (Å²) in [5, 5.41) is 10.4. The van der Waals surface area contributed by atoms with Gasteiger partial charge in [-0.3, -0.25) is 9.59 Å². The zero-order valence-electron chi connectivity index (χ0n) is 20.3. The number of aryl methyl sites for hydroxylation is 3. The van der Waals surface area contributed by atoms with E-state index in [9.17, 15) is 9.59 Å². The van der Waals surface area contributed by atoms with Gasteiger partial charge in [-0.2, -0.15) is 0 Å². The second-order valence-electron chi connectivity index (χ2n) is 8.73. The Morgan fingerprint density at radius 2 is 1.66 bits per heavy atom. The molecule has 35 heavy (non-hydrogen) atoms. The van der Waals surface area contributed by atoms with Crippen LogP contribution in [0.15, 0.2) is 66.6 Å². The van der Waals surface area contributed by atoms with Crippen LogP contribution in [0.25, 0.3) is 33.2 Å². The molecule has 1 aromatic heterocycles. The normalized spacial score (nSPS) is 11.8. The van der Waals surface area contributed by atoms with Crippen molar-refractivity contribution in [2.75, 3.05) is 0 Å². The SMILES string of the molecule is CC(=O)/C=C(/C)O.Cc1[c-]c(-c2ncc3c4c(cccc24)-c2cccc(C)c2C3=O)cc(C)c1.[Ir]. The van der Waals surface area contributed by atoms with Crippen molar-refractivity contribution in [3.63, 3.8) is 0 Å². The molecule has 0 saturated carbocycles. The number of aromatic nitrogens is 1. The third kappa shape index (κ3) is 5.17. The van der Waals surface area contributed by atoms with E-state index in [1.165, 1.54) is 25.5 Å². The Bertz CT molecular complexity index is 1480. The van der Waals surface area contributed by atoms with Crippen molar-refractivity contribution in [3.05, 3.63) is 100 Å². The molecule has 0 atom stereocenters. The molecule has 1 aliphatic carbocycles. The summed E-state index contributed by atoms with van der Waals surface area (Å²) < 4.78 is 0. The summed E-state index contributed by atoms with van der Waals surface area (Å²) in [6.07, 6.45) is 2.91. The van der Waals surface area contributed by atoms with E-state index in [2.05, 4.69) is 43.3 Å². The number of carbonyl (C=O) groups excluding carboxylic acids is 2. The van der Waals surface area contributed by atoms with Gasteiger partial charge in [-0.1, -0.05) is 50.2 Å². The van der Waals surface area contributed by atoms with E-state index >= 15 is 0 Å². The van der Waals surface area contributed by atoms with Gasteiger partial charge in [-0.25, -0.2) is 0 Å². The fourth-order valence-corrected chi connectivity index (χ4v) is 4.56. The average Bonchev–Trinajstić information content (AvgIpc) is 2.75. The molecule has 4 nitrogen and oxygen atoms in total. The van der Waals surface area contributed by atoms with Gasteiger partial charge >= 0.3 is 0 Å². The van der Waals surface area contributed by atoms with Crippen LogP contribution < -0.4 is 0 Å². The smallest absolute Gasteiger partial charge is 0.196 e. The molecule has 0 aliphatic heterocycles. The summed E-state index contributed by atoms with van der Waals surface area (Å²) >= 11 is 0. The van der Waals surface area contributed by atoms with Crippen LogP contribution in [0.3, 0.4) is 0 Å². The number of rotatable bonds is 2. The Morgan fingerprint density at radius 3 is 2.29 bits per heavy atom. The van der Waals surface area contributed by atoms with Crippen molar-refractivity contribution in [1.29, 1.82) is 0 Å². The van der Waals surface area contributed by atoms with Gasteiger partial charge in [0.15, 0.2) is 11.6 Å². The molecule has 1 heterocycles. The van der Waals surface area contributed by atoms with E-state index in [0.717, 1.165) is 49.8 Å². The third-order valence-corrected chi connectivity index (χ3v) is 5.76. The van der Waals surface area contributed by atoms with Gasteiger partial charge in [0.25, 0.3) is 0 Å². The summed E-state index contributed by atoms with van der Waals surface area (Å²) in [7, 11) is 0. The molecular weight excluding hydrogens is 615 g/mol. The van der Waals surface area contributed by atoms with E-state index < -0.39 is 0 Å². The molecule has 1 radical (unpaired) electrons. The largest absolute Gasteiger partial charge is 0.512 e. The predicted octanol–water partition coefficient (Wildman–Crippen LogP) is 6.87. The van der Waals surface area contributed by atoms with E-state index in [1.807, 2.05) is 32.0 Å². The fraction of sp³-hybridized carbons (Fsp3) is 0.167. The first-order chi connectivity index (χ1) is 16.2. The van der Waals surface area contributed by atoms with Gasteiger partial charge in [0, 0.05) is 43.5 Å². The van der Waals surface area contributed by atoms with Crippen molar-refractivity contribution in [3.8, 4) is 22.4 Å². The minimum Gasteiger partial charge on any atom is -0.512 e. The number of pyridine rings is 1. The number of hydrogen-bond acceptors (Lipinski definition) is 4. The standard InChI is InChI=1S/C25H18NO.C5H8O2.Ir/c1-14-10-15(2)12-17(11-14)24-20-9-5-8-19-18-7-4-6-16(3)22(18)25(27)21(13-26-24)23(19)20;1-4(6)3-5(2)7;/h4-11,13H,1-3H3;3,6H,1-2H3;/q-1;;/b;4-3-;. The minimum absolute atomic E-state index is 0. The molecule has 5 heteroatoms. The second kappa shape index (κ2) is 10.5.